The zero-order chi connectivity index (χ0) is 28.4. The number of hydrogen-bond donors (Lipinski definition) is 3. The Bertz CT molecular complexity index is 1430. The van der Waals surface area contributed by atoms with E-state index in [1.807, 2.05) is 60.7 Å². The second kappa shape index (κ2) is 14.1. The van der Waals surface area contributed by atoms with E-state index in [-0.39, 0.29) is 11.8 Å². The highest BCUT2D eigenvalue weighted by atomic mass is 35.5. The van der Waals surface area contributed by atoms with E-state index >= 15 is 0 Å². The van der Waals surface area contributed by atoms with Crippen molar-refractivity contribution in [3.63, 3.8) is 0 Å². The van der Waals surface area contributed by atoms with Gasteiger partial charge in [-0.25, -0.2) is 0 Å². The lowest BCUT2D eigenvalue weighted by molar-refractivity contribution is -0.123. The van der Waals surface area contributed by atoms with E-state index in [9.17, 15) is 9.59 Å². The largest absolute Gasteiger partial charge is 0.350 e. The fraction of sp³-hybridized carbons (Fsp3) is 0.257. The molecular formula is C35H36ClN3O2. The van der Waals surface area contributed by atoms with E-state index in [2.05, 4.69) is 46.3 Å². The van der Waals surface area contributed by atoms with Gasteiger partial charge in [0.05, 0.1) is 0 Å². The molecule has 1 unspecified atom stereocenters. The second-order valence-corrected chi connectivity index (χ2v) is 11.1. The third-order valence-corrected chi connectivity index (χ3v) is 7.81. The fourth-order valence-corrected chi connectivity index (χ4v) is 5.38. The molecule has 0 radical (unpaired) electrons. The highest BCUT2D eigenvalue weighted by molar-refractivity contribution is 6.30. The molecule has 0 aliphatic heterocycles. The van der Waals surface area contributed by atoms with Gasteiger partial charge in [0.25, 0.3) is 5.91 Å². The molecule has 210 valence electrons. The van der Waals surface area contributed by atoms with Gasteiger partial charge in [-0.1, -0.05) is 96.5 Å². The number of halogens is 1. The molecule has 1 aliphatic carbocycles. The van der Waals surface area contributed by atoms with Gasteiger partial charge in [0, 0.05) is 29.1 Å². The van der Waals surface area contributed by atoms with E-state index in [1.54, 1.807) is 18.2 Å². The number of rotatable bonds is 13. The minimum atomic E-state index is -0.631. The van der Waals surface area contributed by atoms with Crippen molar-refractivity contribution in [2.45, 2.75) is 50.2 Å². The van der Waals surface area contributed by atoms with Crippen LogP contribution in [0.25, 0.3) is 11.1 Å². The van der Waals surface area contributed by atoms with E-state index in [0.717, 1.165) is 42.5 Å². The van der Waals surface area contributed by atoms with Gasteiger partial charge in [0.1, 0.15) is 6.04 Å². The molecule has 6 heteroatoms. The van der Waals surface area contributed by atoms with Gasteiger partial charge < -0.3 is 16.0 Å². The summed E-state index contributed by atoms with van der Waals surface area (Å²) in [5, 5.41) is 10.2. The Hall–Kier alpha value is -3.93. The number of benzene rings is 4. The average molecular weight is 566 g/mol. The molecule has 4 aromatic rings. The molecule has 0 aromatic heterocycles. The van der Waals surface area contributed by atoms with E-state index < -0.39 is 6.04 Å². The summed E-state index contributed by atoms with van der Waals surface area (Å²) in [5.41, 5.74) is 4.96. The van der Waals surface area contributed by atoms with Gasteiger partial charge in [-0.2, -0.15) is 0 Å². The van der Waals surface area contributed by atoms with Crippen molar-refractivity contribution in [2.75, 3.05) is 6.54 Å². The maximum Gasteiger partial charge on any atom is 0.251 e. The lowest BCUT2D eigenvalue weighted by Gasteiger charge is -2.19. The van der Waals surface area contributed by atoms with Crippen LogP contribution in [0.1, 0.15) is 53.1 Å². The van der Waals surface area contributed by atoms with Crippen LogP contribution in [0.5, 0.6) is 0 Å². The summed E-state index contributed by atoms with van der Waals surface area (Å²) in [5.74, 6) is 0.140. The van der Waals surface area contributed by atoms with Gasteiger partial charge >= 0.3 is 0 Å². The highest BCUT2D eigenvalue weighted by Gasteiger charge is 2.37. The Balaban J connectivity index is 1.15. The Morgan fingerprint density at radius 1 is 0.805 bits per heavy atom. The molecule has 4 aromatic carbocycles. The van der Waals surface area contributed by atoms with Gasteiger partial charge in [-0.05, 0) is 78.7 Å². The van der Waals surface area contributed by atoms with Gasteiger partial charge in [-0.3, -0.25) is 9.59 Å². The average Bonchev–Trinajstić information content (AvgIpc) is 3.80. The molecule has 2 amide bonds. The molecular weight excluding hydrogens is 530 g/mol. The van der Waals surface area contributed by atoms with Crippen LogP contribution in [0.2, 0.25) is 5.02 Å². The zero-order valence-corrected chi connectivity index (χ0v) is 23.8. The van der Waals surface area contributed by atoms with Gasteiger partial charge in [0.2, 0.25) is 5.91 Å². The van der Waals surface area contributed by atoms with Crippen LogP contribution in [-0.4, -0.2) is 30.4 Å². The van der Waals surface area contributed by atoms with Crippen LogP contribution in [0, 0.1) is 0 Å². The first-order chi connectivity index (χ1) is 20.1. The summed E-state index contributed by atoms with van der Waals surface area (Å²) >= 11 is 6.10. The van der Waals surface area contributed by atoms with E-state index in [1.165, 1.54) is 5.56 Å². The fourth-order valence-electron chi connectivity index (χ4n) is 5.16. The van der Waals surface area contributed by atoms with Crippen molar-refractivity contribution in [1.29, 1.82) is 0 Å². The third kappa shape index (κ3) is 8.29. The Morgan fingerprint density at radius 2 is 1.51 bits per heavy atom. The molecule has 0 heterocycles. The number of amides is 2. The molecule has 41 heavy (non-hydrogen) atoms. The van der Waals surface area contributed by atoms with Crippen molar-refractivity contribution in [3.8, 4) is 11.1 Å². The minimum Gasteiger partial charge on any atom is -0.350 e. The van der Waals surface area contributed by atoms with Crippen LogP contribution in [0.3, 0.4) is 0 Å². The molecule has 1 saturated carbocycles. The Kier molecular flexibility index (Phi) is 9.84. The van der Waals surface area contributed by atoms with Crippen LogP contribution in [0.15, 0.2) is 109 Å². The number of carbonyl (C=O) groups excluding carboxylic acids is 2. The van der Waals surface area contributed by atoms with Crippen LogP contribution in [-0.2, 0) is 11.3 Å². The first kappa shape index (κ1) is 28.6. The smallest absolute Gasteiger partial charge is 0.251 e. The molecule has 5 nitrogen and oxygen atoms in total. The molecule has 0 bridgehead atoms. The maximum absolute atomic E-state index is 13.2. The third-order valence-electron chi connectivity index (χ3n) is 7.58. The van der Waals surface area contributed by atoms with E-state index in [4.69, 9.17) is 11.6 Å². The predicted octanol–water partition coefficient (Wildman–Crippen LogP) is 6.74. The van der Waals surface area contributed by atoms with Crippen LogP contribution >= 0.6 is 11.6 Å². The normalized spacial score (nSPS) is 16.5. The Labute approximate surface area is 247 Å². The highest BCUT2D eigenvalue weighted by Crippen LogP contribution is 2.40. The molecule has 0 spiro atoms. The summed E-state index contributed by atoms with van der Waals surface area (Å²) in [6.07, 6.45) is 3.47. The summed E-state index contributed by atoms with van der Waals surface area (Å²) in [7, 11) is 0. The van der Waals surface area contributed by atoms with Crippen molar-refractivity contribution in [3.05, 3.63) is 131 Å². The standard InChI is InChI=1S/C35H36ClN3O2/c36-30-15-9-10-25(22-30)24-38-35(41)32(16-7-8-21-37-33-23-31(33)28-13-5-2-6-14-28)39-34(40)29-19-17-27(18-20-29)26-11-3-1-4-12-26/h1-6,9-15,17-20,22,31-33,37H,7-8,16,21,23-24H2,(H,38,41)(H,39,40)/t31-,32?,33+/m0/s1. The lowest BCUT2D eigenvalue weighted by Crippen LogP contribution is -2.46. The molecule has 3 N–H and O–H groups in total. The van der Waals surface area contributed by atoms with Crippen LogP contribution < -0.4 is 16.0 Å². The van der Waals surface area contributed by atoms with Gasteiger partial charge in [-0.15, -0.1) is 0 Å². The molecule has 5 rings (SSSR count). The first-order valence-electron chi connectivity index (χ1n) is 14.3. The summed E-state index contributed by atoms with van der Waals surface area (Å²) < 4.78 is 0. The van der Waals surface area contributed by atoms with E-state index in [0.29, 0.717) is 35.5 Å². The van der Waals surface area contributed by atoms with Crippen molar-refractivity contribution >= 4 is 23.4 Å². The lowest BCUT2D eigenvalue weighted by atomic mass is 10.0. The molecule has 1 aliphatic rings. The van der Waals surface area contributed by atoms with Crippen molar-refractivity contribution in [2.24, 2.45) is 0 Å². The van der Waals surface area contributed by atoms with Crippen molar-refractivity contribution in [1.82, 2.24) is 16.0 Å². The SMILES string of the molecule is O=C(NC(CCCCN[C@@H]1C[C@H]1c1ccccc1)C(=O)NCc1cccc(Cl)c1)c1ccc(-c2ccccc2)cc1. The number of carbonyl (C=O) groups is 2. The molecule has 1 fully saturated rings. The number of hydrogen-bond acceptors (Lipinski definition) is 3. The quantitative estimate of drug-likeness (QED) is 0.157. The second-order valence-electron chi connectivity index (χ2n) is 10.6. The minimum absolute atomic E-state index is 0.196. The van der Waals surface area contributed by atoms with Crippen molar-refractivity contribution < 1.29 is 9.59 Å². The topological polar surface area (TPSA) is 70.2 Å². The number of nitrogens with one attached hydrogen (secondary N) is 3. The maximum atomic E-state index is 13.2. The Morgan fingerprint density at radius 3 is 2.24 bits per heavy atom. The number of unbranched alkanes of at least 4 members (excludes halogenated alkanes) is 1. The van der Waals surface area contributed by atoms with Gasteiger partial charge in [0.15, 0.2) is 0 Å². The predicted molar refractivity (Wildman–Crippen MR) is 166 cm³/mol. The summed E-state index contributed by atoms with van der Waals surface area (Å²) in [6.45, 7) is 1.24. The van der Waals surface area contributed by atoms with Crippen LogP contribution in [0.4, 0.5) is 0 Å². The molecule has 3 atom stereocenters. The first-order valence-corrected chi connectivity index (χ1v) is 14.7. The molecule has 0 saturated heterocycles. The monoisotopic (exact) mass is 565 g/mol. The summed E-state index contributed by atoms with van der Waals surface area (Å²) in [4.78, 5) is 26.4. The zero-order valence-electron chi connectivity index (χ0n) is 23.1. The summed E-state index contributed by atoms with van der Waals surface area (Å²) in [6, 6.07) is 35.4.